The largest absolute Gasteiger partial charge is 0.437 e. The van der Waals surface area contributed by atoms with Crippen molar-refractivity contribution in [2.45, 2.75) is 40.0 Å². The van der Waals surface area contributed by atoms with Gasteiger partial charge < -0.3 is 10.1 Å². The van der Waals surface area contributed by atoms with Crippen LogP contribution in [-0.2, 0) is 6.42 Å². The lowest BCUT2D eigenvalue weighted by Crippen LogP contribution is -2.06. The van der Waals surface area contributed by atoms with Crippen molar-refractivity contribution in [3.63, 3.8) is 0 Å². The first kappa shape index (κ1) is 15.2. The van der Waals surface area contributed by atoms with E-state index in [0.29, 0.717) is 11.6 Å². The lowest BCUT2D eigenvalue weighted by atomic mass is 10.3. The Bertz CT molecular complexity index is 569. The summed E-state index contributed by atoms with van der Waals surface area (Å²) < 4.78 is 5.79. The summed E-state index contributed by atoms with van der Waals surface area (Å²) in [4.78, 5) is 13.2. The molecule has 2 aromatic rings. The molecule has 0 spiro atoms. The molecule has 0 bridgehead atoms. The van der Waals surface area contributed by atoms with Crippen LogP contribution in [-0.4, -0.2) is 21.5 Å². The Morgan fingerprint density at radius 1 is 1.14 bits per heavy atom. The molecule has 0 amide bonds. The molecule has 0 radical (unpaired) electrons. The van der Waals surface area contributed by atoms with Crippen molar-refractivity contribution in [3.05, 3.63) is 35.9 Å². The van der Waals surface area contributed by atoms with Gasteiger partial charge in [-0.05, 0) is 31.9 Å². The highest BCUT2D eigenvalue weighted by molar-refractivity contribution is 5.39. The van der Waals surface area contributed by atoms with E-state index in [1.807, 2.05) is 25.1 Å². The molecule has 0 aliphatic carbocycles. The number of pyridine rings is 1. The van der Waals surface area contributed by atoms with Gasteiger partial charge in [-0.25, -0.2) is 4.98 Å². The fourth-order valence-corrected chi connectivity index (χ4v) is 1.84. The average Bonchev–Trinajstić information content (AvgIpc) is 2.48. The van der Waals surface area contributed by atoms with Crippen LogP contribution in [0.25, 0.3) is 0 Å². The molecule has 5 heteroatoms. The van der Waals surface area contributed by atoms with Crippen LogP contribution in [0.1, 0.15) is 38.2 Å². The minimum atomic E-state index is 0.553. The van der Waals surface area contributed by atoms with Crippen LogP contribution in [0, 0.1) is 6.92 Å². The highest BCUT2D eigenvalue weighted by Crippen LogP contribution is 2.21. The highest BCUT2D eigenvalue weighted by Gasteiger charge is 2.06. The SMILES string of the molecule is CCCNc1cc(Oc2ccc(C)nc2)nc(CCC)n1. The molecule has 0 aliphatic rings. The van der Waals surface area contributed by atoms with Crippen LogP contribution in [0.2, 0.25) is 0 Å². The Hall–Kier alpha value is -2.17. The van der Waals surface area contributed by atoms with E-state index in [1.54, 1.807) is 6.20 Å². The van der Waals surface area contributed by atoms with Crippen molar-refractivity contribution in [1.82, 2.24) is 15.0 Å². The molecular formula is C16H22N4O. The second-order valence-corrected chi connectivity index (χ2v) is 4.92. The van der Waals surface area contributed by atoms with Gasteiger partial charge in [0.25, 0.3) is 0 Å². The van der Waals surface area contributed by atoms with Gasteiger partial charge >= 0.3 is 0 Å². The van der Waals surface area contributed by atoms with Crippen LogP contribution < -0.4 is 10.1 Å². The Morgan fingerprint density at radius 2 is 2.00 bits per heavy atom. The van der Waals surface area contributed by atoms with Gasteiger partial charge in [0.15, 0.2) is 0 Å². The molecule has 112 valence electrons. The molecule has 0 aliphatic heterocycles. The van der Waals surface area contributed by atoms with Crippen molar-refractivity contribution in [1.29, 1.82) is 0 Å². The fourth-order valence-electron chi connectivity index (χ4n) is 1.84. The van der Waals surface area contributed by atoms with Gasteiger partial charge in [0.1, 0.15) is 17.4 Å². The number of hydrogen-bond acceptors (Lipinski definition) is 5. The monoisotopic (exact) mass is 286 g/mol. The van der Waals surface area contributed by atoms with E-state index < -0.39 is 0 Å². The number of anilines is 1. The van der Waals surface area contributed by atoms with Gasteiger partial charge in [0.2, 0.25) is 5.88 Å². The van der Waals surface area contributed by atoms with E-state index in [1.165, 1.54) is 0 Å². The summed E-state index contributed by atoms with van der Waals surface area (Å²) in [6, 6.07) is 5.64. The fraction of sp³-hybridized carbons (Fsp3) is 0.438. The van der Waals surface area contributed by atoms with Gasteiger partial charge in [0, 0.05) is 24.7 Å². The van der Waals surface area contributed by atoms with E-state index in [4.69, 9.17) is 4.74 Å². The number of nitrogens with zero attached hydrogens (tertiary/aromatic N) is 3. The van der Waals surface area contributed by atoms with Crippen LogP contribution in [0.3, 0.4) is 0 Å². The zero-order chi connectivity index (χ0) is 15.1. The summed E-state index contributed by atoms with van der Waals surface area (Å²) in [5.41, 5.74) is 0.960. The summed E-state index contributed by atoms with van der Waals surface area (Å²) in [5.74, 6) is 2.85. The molecule has 0 unspecified atom stereocenters. The molecule has 2 rings (SSSR count). The van der Waals surface area contributed by atoms with Gasteiger partial charge in [0.05, 0.1) is 6.20 Å². The first-order valence-corrected chi connectivity index (χ1v) is 7.43. The van der Waals surface area contributed by atoms with Crippen LogP contribution >= 0.6 is 0 Å². The van der Waals surface area contributed by atoms with Crippen molar-refractivity contribution in [3.8, 4) is 11.6 Å². The maximum absolute atomic E-state index is 5.79. The summed E-state index contributed by atoms with van der Waals surface area (Å²) >= 11 is 0. The molecule has 0 saturated heterocycles. The number of aromatic nitrogens is 3. The van der Waals surface area contributed by atoms with Crippen molar-refractivity contribution >= 4 is 5.82 Å². The maximum Gasteiger partial charge on any atom is 0.224 e. The molecule has 1 N–H and O–H groups in total. The van der Waals surface area contributed by atoms with E-state index in [9.17, 15) is 0 Å². The molecule has 0 aromatic carbocycles. The Labute approximate surface area is 125 Å². The zero-order valence-corrected chi connectivity index (χ0v) is 12.9. The van der Waals surface area contributed by atoms with E-state index in [0.717, 1.165) is 43.1 Å². The Kier molecular flexibility index (Phi) is 5.49. The van der Waals surface area contributed by atoms with Crippen molar-refractivity contribution in [2.24, 2.45) is 0 Å². The van der Waals surface area contributed by atoms with Crippen molar-refractivity contribution in [2.75, 3.05) is 11.9 Å². The third-order valence-electron chi connectivity index (χ3n) is 2.89. The smallest absolute Gasteiger partial charge is 0.224 e. The third kappa shape index (κ3) is 4.70. The number of aryl methyl sites for hydroxylation is 2. The molecule has 21 heavy (non-hydrogen) atoms. The third-order valence-corrected chi connectivity index (χ3v) is 2.89. The predicted molar refractivity (Wildman–Crippen MR) is 83.9 cm³/mol. The molecular weight excluding hydrogens is 264 g/mol. The number of ether oxygens (including phenoxy) is 1. The lowest BCUT2D eigenvalue weighted by Gasteiger charge is -2.10. The first-order valence-electron chi connectivity index (χ1n) is 7.43. The van der Waals surface area contributed by atoms with E-state index in [2.05, 4.69) is 34.1 Å². The molecule has 5 nitrogen and oxygen atoms in total. The topological polar surface area (TPSA) is 59.9 Å². The summed E-state index contributed by atoms with van der Waals surface area (Å²) in [6.07, 6.45) is 4.59. The molecule has 0 saturated carbocycles. The molecule has 0 fully saturated rings. The highest BCUT2D eigenvalue weighted by atomic mass is 16.5. The maximum atomic E-state index is 5.79. The zero-order valence-electron chi connectivity index (χ0n) is 12.9. The lowest BCUT2D eigenvalue weighted by molar-refractivity contribution is 0.456. The quantitative estimate of drug-likeness (QED) is 0.840. The second-order valence-electron chi connectivity index (χ2n) is 4.92. The minimum absolute atomic E-state index is 0.553. The second kappa shape index (κ2) is 7.57. The number of nitrogens with one attached hydrogen (secondary N) is 1. The van der Waals surface area contributed by atoms with E-state index in [-0.39, 0.29) is 0 Å². The van der Waals surface area contributed by atoms with Crippen LogP contribution in [0.15, 0.2) is 24.4 Å². The van der Waals surface area contributed by atoms with Gasteiger partial charge in [-0.3, -0.25) is 4.98 Å². The summed E-state index contributed by atoms with van der Waals surface area (Å²) in [6.45, 7) is 7.06. The van der Waals surface area contributed by atoms with Crippen LogP contribution in [0.5, 0.6) is 11.6 Å². The average molecular weight is 286 g/mol. The Morgan fingerprint density at radius 3 is 2.67 bits per heavy atom. The van der Waals surface area contributed by atoms with Gasteiger partial charge in [-0.2, -0.15) is 4.98 Å². The van der Waals surface area contributed by atoms with Crippen molar-refractivity contribution < 1.29 is 4.74 Å². The predicted octanol–water partition coefficient (Wildman–Crippen LogP) is 3.75. The van der Waals surface area contributed by atoms with Gasteiger partial charge in [-0.1, -0.05) is 13.8 Å². The standard InChI is InChI=1S/C16H22N4O/c1-4-6-14-19-15(17-9-5-2)10-16(20-14)21-13-8-7-12(3)18-11-13/h7-8,10-11H,4-6,9H2,1-3H3,(H,17,19,20). The minimum Gasteiger partial charge on any atom is -0.437 e. The molecule has 2 aromatic heterocycles. The first-order chi connectivity index (χ1) is 10.2. The number of rotatable bonds is 7. The molecule has 2 heterocycles. The Balaban J connectivity index is 2.19. The normalized spacial score (nSPS) is 10.4. The molecule has 0 atom stereocenters. The van der Waals surface area contributed by atoms with Gasteiger partial charge in [-0.15, -0.1) is 0 Å². The van der Waals surface area contributed by atoms with E-state index >= 15 is 0 Å². The number of hydrogen-bond donors (Lipinski definition) is 1. The summed E-state index contributed by atoms with van der Waals surface area (Å²) in [7, 11) is 0. The van der Waals surface area contributed by atoms with Crippen LogP contribution in [0.4, 0.5) is 5.82 Å². The summed E-state index contributed by atoms with van der Waals surface area (Å²) in [5, 5.41) is 3.28.